The first-order valence-electron chi connectivity index (χ1n) is 6.06. The lowest BCUT2D eigenvalue weighted by Gasteiger charge is -2.02. The number of aromatic nitrogens is 2. The van der Waals surface area contributed by atoms with E-state index in [1.165, 1.54) is 6.07 Å². The summed E-state index contributed by atoms with van der Waals surface area (Å²) in [4.78, 5) is 15.2. The Kier molecular flexibility index (Phi) is 3.45. The molecule has 3 rings (SSSR count). The summed E-state index contributed by atoms with van der Waals surface area (Å²) in [6, 6.07) is 11.9. The van der Waals surface area contributed by atoms with Crippen molar-refractivity contribution >= 4 is 17.8 Å². The van der Waals surface area contributed by atoms with E-state index in [1.807, 2.05) is 30.3 Å². The number of phenols is 1. The molecule has 0 aliphatic rings. The average Bonchev–Trinajstić information content (AvgIpc) is 3.00. The minimum Gasteiger partial charge on any atom is -0.504 e. The molecular weight excluding hydrogens is 291 g/mol. The molecule has 0 saturated carbocycles. The molecule has 0 amide bonds. The molecule has 104 valence electrons. The Labute approximate surface area is 123 Å². The van der Waals surface area contributed by atoms with Crippen LogP contribution in [-0.4, -0.2) is 20.8 Å². The van der Waals surface area contributed by atoms with Crippen LogP contribution in [0.5, 0.6) is 5.75 Å². The summed E-state index contributed by atoms with van der Waals surface area (Å²) < 4.78 is 17.8. The van der Waals surface area contributed by atoms with E-state index in [0.717, 1.165) is 23.2 Å². The van der Waals surface area contributed by atoms with E-state index in [4.69, 9.17) is 0 Å². The molecule has 0 unspecified atom stereocenters. The van der Waals surface area contributed by atoms with Gasteiger partial charge in [0, 0.05) is 11.1 Å². The number of aromatic hydroxyl groups is 1. The molecule has 0 bridgehead atoms. The molecule has 1 aromatic heterocycles. The van der Waals surface area contributed by atoms with Crippen LogP contribution < -0.4 is 0 Å². The van der Waals surface area contributed by atoms with Gasteiger partial charge >= 0.3 is 0 Å². The highest BCUT2D eigenvalue weighted by molar-refractivity contribution is 7.09. The van der Waals surface area contributed by atoms with Crippen molar-refractivity contribution in [2.45, 2.75) is 0 Å². The summed E-state index contributed by atoms with van der Waals surface area (Å²) in [5, 5.41) is 9.90. The van der Waals surface area contributed by atoms with Gasteiger partial charge in [-0.1, -0.05) is 30.3 Å². The van der Waals surface area contributed by atoms with Crippen LogP contribution in [0.4, 0.5) is 4.39 Å². The van der Waals surface area contributed by atoms with E-state index < -0.39 is 11.6 Å². The van der Waals surface area contributed by atoms with E-state index in [-0.39, 0.29) is 5.56 Å². The molecule has 0 aliphatic carbocycles. The highest BCUT2D eigenvalue weighted by atomic mass is 32.1. The minimum atomic E-state index is -0.855. The van der Waals surface area contributed by atoms with Gasteiger partial charge in [-0.2, -0.15) is 4.37 Å². The Morgan fingerprint density at radius 1 is 1.14 bits per heavy atom. The lowest BCUT2D eigenvalue weighted by atomic mass is 10.1. The summed E-state index contributed by atoms with van der Waals surface area (Å²) in [5.41, 5.74) is 1.16. The number of benzene rings is 2. The molecule has 0 radical (unpaired) electrons. The van der Waals surface area contributed by atoms with E-state index >= 15 is 0 Å². The second kappa shape index (κ2) is 5.41. The number of aldehydes is 1. The standard InChI is InChI=1S/C15H9FN2O2S/c16-12-7-10(6-11(8-19)13(12)20)15-17-14(18-21-15)9-4-2-1-3-5-9/h1-8,20H. The first kappa shape index (κ1) is 13.4. The maximum atomic E-state index is 13.6. The smallest absolute Gasteiger partial charge is 0.173 e. The first-order valence-corrected chi connectivity index (χ1v) is 6.83. The highest BCUT2D eigenvalue weighted by Gasteiger charge is 2.14. The largest absolute Gasteiger partial charge is 0.504 e. The van der Waals surface area contributed by atoms with Crippen molar-refractivity contribution in [3.63, 3.8) is 0 Å². The molecule has 1 N–H and O–H groups in total. The molecule has 0 atom stereocenters. The summed E-state index contributed by atoms with van der Waals surface area (Å²) in [5.74, 6) is -0.968. The number of carbonyl (C=O) groups is 1. The minimum absolute atomic E-state index is 0.110. The van der Waals surface area contributed by atoms with Crippen molar-refractivity contribution < 1.29 is 14.3 Å². The van der Waals surface area contributed by atoms with Crippen LogP contribution in [0.3, 0.4) is 0 Å². The Balaban J connectivity index is 2.05. The van der Waals surface area contributed by atoms with E-state index in [0.29, 0.717) is 22.7 Å². The molecule has 21 heavy (non-hydrogen) atoms. The number of hydrogen-bond acceptors (Lipinski definition) is 5. The summed E-state index contributed by atoms with van der Waals surface area (Å²) >= 11 is 1.11. The predicted octanol–water partition coefficient (Wildman–Crippen LogP) is 3.53. The summed E-state index contributed by atoms with van der Waals surface area (Å²) in [6.45, 7) is 0. The van der Waals surface area contributed by atoms with Crippen LogP contribution in [0, 0.1) is 5.82 Å². The molecule has 0 saturated heterocycles. The molecule has 0 aliphatic heterocycles. The third-order valence-electron chi connectivity index (χ3n) is 2.92. The van der Waals surface area contributed by atoms with E-state index in [9.17, 15) is 14.3 Å². The maximum absolute atomic E-state index is 13.6. The Morgan fingerprint density at radius 3 is 2.62 bits per heavy atom. The lowest BCUT2D eigenvalue weighted by Crippen LogP contribution is -1.89. The van der Waals surface area contributed by atoms with Crippen molar-refractivity contribution in [1.82, 2.24) is 9.36 Å². The molecule has 6 heteroatoms. The fourth-order valence-electron chi connectivity index (χ4n) is 1.88. The molecule has 3 aromatic rings. The topological polar surface area (TPSA) is 63.1 Å². The fourth-order valence-corrected chi connectivity index (χ4v) is 2.55. The van der Waals surface area contributed by atoms with Gasteiger partial charge in [-0.3, -0.25) is 4.79 Å². The van der Waals surface area contributed by atoms with Gasteiger partial charge in [0.2, 0.25) is 0 Å². The highest BCUT2D eigenvalue weighted by Crippen LogP contribution is 2.30. The zero-order chi connectivity index (χ0) is 14.8. The maximum Gasteiger partial charge on any atom is 0.173 e. The van der Waals surface area contributed by atoms with Gasteiger partial charge < -0.3 is 5.11 Å². The molecule has 0 spiro atoms. The average molecular weight is 300 g/mol. The quantitative estimate of drug-likeness (QED) is 0.752. The number of phenolic OH excluding ortho intramolecular Hbond substituents is 1. The van der Waals surface area contributed by atoms with Gasteiger partial charge in [0.25, 0.3) is 0 Å². The monoisotopic (exact) mass is 300 g/mol. The van der Waals surface area contributed by atoms with Gasteiger partial charge in [-0.05, 0) is 23.7 Å². The third kappa shape index (κ3) is 2.53. The number of hydrogen-bond donors (Lipinski definition) is 1. The van der Waals surface area contributed by atoms with Crippen LogP contribution in [0.15, 0.2) is 42.5 Å². The van der Waals surface area contributed by atoms with Crippen molar-refractivity contribution in [2.75, 3.05) is 0 Å². The molecular formula is C15H9FN2O2S. The fraction of sp³-hybridized carbons (Fsp3) is 0. The van der Waals surface area contributed by atoms with Crippen molar-refractivity contribution in [3.8, 4) is 27.7 Å². The summed E-state index contributed by atoms with van der Waals surface area (Å²) in [7, 11) is 0. The third-order valence-corrected chi connectivity index (χ3v) is 3.69. The molecule has 0 fully saturated rings. The van der Waals surface area contributed by atoms with Gasteiger partial charge in [0.1, 0.15) is 5.01 Å². The van der Waals surface area contributed by atoms with Crippen molar-refractivity contribution in [1.29, 1.82) is 0 Å². The van der Waals surface area contributed by atoms with Gasteiger partial charge in [-0.25, -0.2) is 9.37 Å². The van der Waals surface area contributed by atoms with Gasteiger partial charge in [-0.15, -0.1) is 0 Å². The molecule has 1 heterocycles. The van der Waals surface area contributed by atoms with E-state index in [1.54, 1.807) is 0 Å². The van der Waals surface area contributed by atoms with Gasteiger partial charge in [0.05, 0.1) is 5.56 Å². The van der Waals surface area contributed by atoms with Crippen LogP contribution >= 0.6 is 11.5 Å². The van der Waals surface area contributed by atoms with Gasteiger partial charge in [0.15, 0.2) is 23.7 Å². The Hall–Kier alpha value is -2.60. The number of carbonyl (C=O) groups excluding carboxylic acids is 1. The normalized spacial score (nSPS) is 10.5. The van der Waals surface area contributed by atoms with Crippen LogP contribution in [0.25, 0.3) is 22.0 Å². The van der Waals surface area contributed by atoms with Crippen LogP contribution in [-0.2, 0) is 0 Å². The summed E-state index contributed by atoms with van der Waals surface area (Å²) in [6.07, 6.45) is 0.404. The second-order valence-electron chi connectivity index (χ2n) is 4.30. The van der Waals surface area contributed by atoms with Crippen molar-refractivity contribution in [3.05, 3.63) is 53.8 Å². The zero-order valence-electron chi connectivity index (χ0n) is 10.7. The molecule has 4 nitrogen and oxygen atoms in total. The SMILES string of the molecule is O=Cc1cc(-c2nc(-c3ccccc3)ns2)cc(F)c1O. The predicted molar refractivity (Wildman–Crippen MR) is 77.8 cm³/mol. The second-order valence-corrected chi connectivity index (χ2v) is 5.05. The van der Waals surface area contributed by atoms with Crippen molar-refractivity contribution in [2.24, 2.45) is 0 Å². The van der Waals surface area contributed by atoms with E-state index in [2.05, 4.69) is 9.36 Å². The van der Waals surface area contributed by atoms with Crippen LogP contribution in [0.2, 0.25) is 0 Å². The number of nitrogens with zero attached hydrogens (tertiary/aromatic N) is 2. The Bertz CT molecular complexity index is 803. The Morgan fingerprint density at radius 2 is 1.90 bits per heavy atom. The number of halogens is 1. The van der Waals surface area contributed by atoms with Crippen LogP contribution in [0.1, 0.15) is 10.4 Å². The zero-order valence-corrected chi connectivity index (χ0v) is 11.5. The lowest BCUT2D eigenvalue weighted by molar-refractivity contribution is 0.112. The molecule has 2 aromatic carbocycles. The first-order chi connectivity index (χ1) is 10.2. The number of rotatable bonds is 3.